The molecule has 3 aromatic carbocycles. The summed E-state index contributed by atoms with van der Waals surface area (Å²) in [5, 5.41) is 12.8. The highest BCUT2D eigenvalue weighted by atomic mass is 32.1. The molecule has 3 aromatic rings. The highest BCUT2D eigenvalue weighted by molar-refractivity contribution is 7.80. The highest BCUT2D eigenvalue weighted by Gasteiger charge is 2.34. The molecule has 154 valence electrons. The zero-order chi connectivity index (χ0) is 22.0. The first kappa shape index (κ1) is 20.3. The molecule has 0 aliphatic carbocycles. The topological polar surface area (TPSA) is 78.9 Å². The normalized spacial score (nSPS) is 15.2. The minimum Gasteiger partial charge on any atom is -0.507 e. The summed E-state index contributed by atoms with van der Waals surface area (Å²) in [7, 11) is 0. The third kappa shape index (κ3) is 4.17. The summed E-state index contributed by atoms with van der Waals surface area (Å²) in [4.78, 5) is 26.8. The molecular weight excluding hydrogens is 412 g/mol. The third-order valence-corrected chi connectivity index (χ3v) is 5.03. The van der Waals surface area contributed by atoms with Crippen molar-refractivity contribution in [1.29, 1.82) is 0 Å². The number of amides is 2. The van der Waals surface area contributed by atoms with Crippen molar-refractivity contribution in [2.75, 3.05) is 4.90 Å². The van der Waals surface area contributed by atoms with Crippen LogP contribution < -0.4 is 15.0 Å². The Labute approximate surface area is 184 Å². The number of nitrogens with one attached hydrogen (secondary N) is 1. The van der Waals surface area contributed by atoms with Crippen molar-refractivity contribution >= 4 is 40.9 Å². The first-order chi connectivity index (χ1) is 14.9. The lowest BCUT2D eigenvalue weighted by molar-refractivity contribution is -0.122. The largest absolute Gasteiger partial charge is 0.507 e. The van der Waals surface area contributed by atoms with Gasteiger partial charge in [0.1, 0.15) is 22.8 Å². The van der Waals surface area contributed by atoms with Gasteiger partial charge < -0.3 is 9.84 Å². The van der Waals surface area contributed by atoms with Gasteiger partial charge in [-0.3, -0.25) is 19.8 Å². The van der Waals surface area contributed by atoms with Crippen molar-refractivity contribution < 1.29 is 19.4 Å². The van der Waals surface area contributed by atoms with E-state index in [1.165, 1.54) is 11.0 Å². The van der Waals surface area contributed by atoms with E-state index in [0.717, 1.165) is 0 Å². The van der Waals surface area contributed by atoms with E-state index in [2.05, 4.69) is 5.32 Å². The van der Waals surface area contributed by atoms with Crippen LogP contribution in [0.1, 0.15) is 11.1 Å². The number of rotatable bonds is 4. The Balaban J connectivity index is 1.63. The van der Waals surface area contributed by atoms with E-state index < -0.39 is 11.8 Å². The number of aromatic hydroxyl groups is 1. The fourth-order valence-corrected chi connectivity index (χ4v) is 3.41. The van der Waals surface area contributed by atoms with E-state index in [0.29, 0.717) is 28.3 Å². The van der Waals surface area contributed by atoms with Crippen molar-refractivity contribution in [2.24, 2.45) is 0 Å². The third-order valence-electron chi connectivity index (χ3n) is 4.74. The monoisotopic (exact) mass is 430 g/mol. The Hall–Kier alpha value is -3.97. The fraction of sp³-hybridized carbons (Fsp3) is 0.0417. The van der Waals surface area contributed by atoms with Crippen molar-refractivity contribution in [3.8, 4) is 17.2 Å². The number of carbonyl (C=O) groups excluding carboxylic acids is 2. The molecule has 31 heavy (non-hydrogen) atoms. The van der Waals surface area contributed by atoms with Gasteiger partial charge in [0.2, 0.25) is 0 Å². The molecule has 0 spiro atoms. The summed E-state index contributed by atoms with van der Waals surface area (Å²) >= 11 is 5.23. The second kappa shape index (κ2) is 8.41. The van der Waals surface area contributed by atoms with Gasteiger partial charge in [0, 0.05) is 5.56 Å². The van der Waals surface area contributed by atoms with E-state index in [-0.39, 0.29) is 16.4 Å². The summed E-state index contributed by atoms with van der Waals surface area (Å²) in [6, 6.07) is 21.2. The van der Waals surface area contributed by atoms with Crippen molar-refractivity contribution in [3.63, 3.8) is 0 Å². The number of para-hydroxylation sites is 2. The average molecular weight is 430 g/mol. The van der Waals surface area contributed by atoms with Gasteiger partial charge in [0.25, 0.3) is 11.8 Å². The lowest BCUT2D eigenvalue weighted by atomic mass is 10.0. The van der Waals surface area contributed by atoms with Crippen LogP contribution in [0.25, 0.3) is 6.08 Å². The van der Waals surface area contributed by atoms with Crippen LogP contribution in [0.15, 0.2) is 78.4 Å². The minimum atomic E-state index is -0.615. The standard InChI is InChI=1S/C24H18N2O4S/c1-15-6-5-7-16(21(15)27)14-20-22(28)25-24(31)26(23(20)29)17-10-12-19(13-11-17)30-18-8-3-2-4-9-18/h2-14,27H,1H3,(H,25,28,31). The van der Waals surface area contributed by atoms with E-state index in [1.54, 1.807) is 49.4 Å². The number of benzene rings is 3. The molecule has 1 saturated heterocycles. The molecule has 1 aliphatic heterocycles. The molecule has 2 amide bonds. The number of hydrogen-bond donors (Lipinski definition) is 2. The predicted octanol–water partition coefficient (Wildman–Crippen LogP) is 4.32. The predicted molar refractivity (Wildman–Crippen MR) is 122 cm³/mol. The van der Waals surface area contributed by atoms with Crippen LogP contribution in [-0.2, 0) is 9.59 Å². The van der Waals surface area contributed by atoms with Crippen LogP contribution in [0.5, 0.6) is 17.2 Å². The lowest BCUT2D eigenvalue weighted by Gasteiger charge is -2.29. The molecule has 0 aromatic heterocycles. The van der Waals surface area contributed by atoms with Crippen LogP contribution in [0.4, 0.5) is 5.69 Å². The molecule has 6 nitrogen and oxygen atoms in total. The number of thiocarbonyl (C=S) groups is 1. The Kier molecular flexibility index (Phi) is 5.51. The summed E-state index contributed by atoms with van der Waals surface area (Å²) in [5.41, 5.74) is 1.37. The van der Waals surface area contributed by atoms with Crippen LogP contribution in [0.2, 0.25) is 0 Å². The minimum absolute atomic E-state index is 0.0118. The van der Waals surface area contributed by atoms with Gasteiger partial charge in [-0.15, -0.1) is 0 Å². The maximum absolute atomic E-state index is 13.1. The molecule has 0 saturated carbocycles. The number of hydrogen-bond acceptors (Lipinski definition) is 5. The molecule has 0 unspecified atom stereocenters. The molecule has 1 aliphatic rings. The van der Waals surface area contributed by atoms with Crippen LogP contribution >= 0.6 is 12.2 Å². The van der Waals surface area contributed by atoms with E-state index >= 15 is 0 Å². The van der Waals surface area contributed by atoms with Crippen molar-refractivity contribution in [2.45, 2.75) is 6.92 Å². The first-order valence-corrected chi connectivity index (χ1v) is 9.88. The number of ether oxygens (including phenoxy) is 1. The first-order valence-electron chi connectivity index (χ1n) is 9.47. The van der Waals surface area contributed by atoms with Crippen LogP contribution in [0.3, 0.4) is 0 Å². The van der Waals surface area contributed by atoms with Gasteiger partial charge in [-0.05, 0) is 67.2 Å². The number of aryl methyl sites for hydroxylation is 1. The van der Waals surface area contributed by atoms with E-state index in [4.69, 9.17) is 17.0 Å². The molecule has 2 N–H and O–H groups in total. The van der Waals surface area contributed by atoms with Gasteiger partial charge >= 0.3 is 0 Å². The summed E-state index contributed by atoms with van der Waals surface area (Å²) in [6.45, 7) is 1.74. The Morgan fingerprint density at radius 2 is 1.61 bits per heavy atom. The van der Waals surface area contributed by atoms with Gasteiger partial charge in [-0.2, -0.15) is 0 Å². The number of phenolic OH excluding ortho intramolecular Hbond substituents is 1. The Morgan fingerprint density at radius 3 is 2.32 bits per heavy atom. The number of nitrogens with zero attached hydrogens (tertiary/aromatic N) is 1. The Bertz CT molecular complexity index is 1200. The average Bonchev–Trinajstić information content (AvgIpc) is 2.76. The van der Waals surface area contributed by atoms with Crippen LogP contribution in [-0.4, -0.2) is 22.0 Å². The molecule has 0 bridgehead atoms. The maximum Gasteiger partial charge on any atom is 0.270 e. The van der Waals surface area contributed by atoms with Gasteiger partial charge in [0.05, 0.1) is 5.69 Å². The number of carbonyl (C=O) groups is 2. The van der Waals surface area contributed by atoms with Gasteiger partial charge in [-0.1, -0.05) is 36.4 Å². The zero-order valence-corrected chi connectivity index (χ0v) is 17.3. The summed E-state index contributed by atoms with van der Waals surface area (Å²) in [5.74, 6) is 0.102. The molecule has 0 atom stereocenters. The second-order valence-electron chi connectivity index (χ2n) is 6.88. The maximum atomic E-state index is 13.1. The smallest absolute Gasteiger partial charge is 0.270 e. The quantitative estimate of drug-likeness (QED) is 0.366. The van der Waals surface area contributed by atoms with E-state index in [9.17, 15) is 14.7 Å². The molecular formula is C24H18N2O4S. The molecule has 1 fully saturated rings. The Morgan fingerprint density at radius 1 is 0.935 bits per heavy atom. The van der Waals surface area contributed by atoms with Crippen molar-refractivity contribution in [3.05, 3.63) is 89.5 Å². The summed E-state index contributed by atoms with van der Waals surface area (Å²) < 4.78 is 5.77. The van der Waals surface area contributed by atoms with E-state index in [1.807, 2.05) is 30.3 Å². The molecule has 4 rings (SSSR count). The second-order valence-corrected chi connectivity index (χ2v) is 7.27. The number of phenols is 1. The van der Waals surface area contributed by atoms with Crippen LogP contribution in [0, 0.1) is 6.92 Å². The molecule has 0 radical (unpaired) electrons. The molecule has 7 heteroatoms. The molecule has 1 heterocycles. The van der Waals surface area contributed by atoms with Gasteiger partial charge in [-0.25, -0.2) is 0 Å². The fourth-order valence-electron chi connectivity index (χ4n) is 3.13. The van der Waals surface area contributed by atoms with Crippen molar-refractivity contribution in [1.82, 2.24) is 5.32 Å². The van der Waals surface area contributed by atoms with Gasteiger partial charge in [0.15, 0.2) is 5.11 Å². The SMILES string of the molecule is Cc1cccc(C=C2C(=O)NC(=S)N(c3ccc(Oc4ccccc4)cc3)C2=O)c1O. The highest BCUT2D eigenvalue weighted by Crippen LogP contribution is 2.29. The zero-order valence-electron chi connectivity index (χ0n) is 16.5. The number of anilines is 1. The lowest BCUT2D eigenvalue weighted by Crippen LogP contribution is -2.54. The summed E-state index contributed by atoms with van der Waals surface area (Å²) in [6.07, 6.45) is 1.36.